The smallest absolute Gasteiger partial charge is 0.246 e. The predicted octanol–water partition coefficient (Wildman–Crippen LogP) is -4.05. The summed E-state index contributed by atoms with van der Waals surface area (Å²) in [6.07, 6.45) is 5.28. The molecule has 6 nitrogen and oxygen atoms in total. The minimum absolute atomic E-state index is 0.0883. The molecule has 0 spiro atoms. The van der Waals surface area contributed by atoms with Gasteiger partial charge in [-0.05, 0) is 77.0 Å². The van der Waals surface area contributed by atoms with Gasteiger partial charge in [0.2, 0.25) is 5.95 Å². The second kappa shape index (κ2) is 9.28. The molecule has 39 heavy (non-hydrogen) atoms. The van der Waals surface area contributed by atoms with Crippen molar-refractivity contribution in [3.63, 3.8) is 0 Å². The summed E-state index contributed by atoms with van der Waals surface area (Å²) in [5.74, 6) is -0.969. The highest BCUT2D eigenvalue weighted by molar-refractivity contribution is 6.62. The van der Waals surface area contributed by atoms with Gasteiger partial charge in [0.25, 0.3) is 0 Å². The summed E-state index contributed by atoms with van der Waals surface area (Å²) in [6.45, 7) is 2.09. The number of hydrogen-bond donors (Lipinski definition) is 1. The number of aryl methyl sites for hydroxylation is 1. The van der Waals surface area contributed by atoms with Crippen LogP contribution in [0.3, 0.4) is 0 Å². The number of anilines is 3. The van der Waals surface area contributed by atoms with Gasteiger partial charge in [-0.1, -0.05) is 6.42 Å². The van der Waals surface area contributed by atoms with Gasteiger partial charge in [-0.25, -0.2) is 13.5 Å². The fraction of sp³-hybridized carbons (Fsp3) is 0.391. The molecule has 0 amide bonds. The van der Waals surface area contributed by atoms with Crippen LogP contribution in [0.25, 0.3) is 5.69 Å². The summed E-state index contributed by atoms with van der Waals surface area (Å²) in [7, 11) is 19.1. The van der Waals surface area contributed by atoms with Gasteiger partial charge in [-0.2, -0.15) is 4.98 Å². The number of nitrogens with one attached hydrogen (secondary N) is 1. The first-order valence-electron chi connectivity index (χ1n) is 13.9. The molecule has 194 valence electrons. The Labute approximate surface area is 237 Å². The van der Waals surface area contributed by atoms with Crippen molar-refractivity contribution in [1.82, 2.24) is 19.7 Å². The molecule has 2 aliphatic rings. The maximum absolute atomic E-state index is 13.7. The summed E-state index contributed by atoms with van der Waals surface area (Å²) in [5, 5.41) is 7.19. The third kappa shape index (κ3) is 4.47. The molecular weight excluding hydrogens is 485 g/mol. The molecule has 3 aromatic rings. The lowest BCUT2D eigenvalue weighted by atomic mass is 9.26. The van der Waals surface area contributed by atoms with Crippen molar-refractivity contribution in [2.24, 2.45) is 0 Å². The molecule has 1 N–H and O–H groups in total. The van der Waals surface area contributed by atoms with E-state index in [0.717, 1.165) is 23.0 Å². The van der Waals surface area contributed by atoms with Gasteiger partial charge in [-0.3, -0.25) is 0 Å². The molecule has 1 aromatic heterocycles. The van der Waals surface area contributed by atoms with E-state index in [1.807, 2.05) is 0 Å². The molecule has 2 heterocycles. The van der Waals surface area contributed by atoms with Crippen molar-refractivity contribution in [3.05, 3.63) is 59.9 Å². The number of rotatable bonds is 5. The molecule has 2 fully saturated rings. The summed E-state index contributed by atoms with van der Waals surface area (Å²) in [5.41, 5.74) is 3.38. The average molecular weight is 519 g/mol. The van der Waals surface area contributed by atoms with Crippen LogP contribution in [0.2, 0.25) is 0 Å². The Kier molecular flexibility index (Phi) is 6.68. The SMILES string of the molecule is BC1(B)N(c2cc(C)cc(Nc3ncn(-c4cc(F)cc(F)c4)n3)c2)C(B)(B)C(B)(B)N(C2CCC2)C1(B)B. The monoisotopic (exact) mass is 520 g/mol. The topological polar surface area (TPSA) is 49.2 Å². The predicted molar refractivity (Wildman–Crippen MR) is 177 cm³/mol. The standard InChI is InChI=1S/C23H34B8F2N6/c1-12-5-15(35-19-34-11-37(36-19)17-8-13(32)7-14(33)9-17)10-18(6-12)39-22(28,29)20(24,25)38(16-3-2-4-16)21(26,27)23(39,30)31/h5-11,16H,2-4,24-31H2,1H3,(H,35,36). The van der Waals surface area contributed by atoms with Crippen LogP contribution in [-0.4, -0.2) is 110 Å². The van der Waals surface area contributed by atoms with Crippen LogP contribution in [0, 0.1) is 18.6 Å². The van der Waals surface area contributed by atoms with Gasteiger partial charge in [0.05, 0.1) is 5.69 Å². The van der Waals surface area contributed by atoms with Crippen molar-refractivity contribution in [3.8, 4) is 5.69 Å². The maximum atomic E-state index is 13.7. The van der Waals surface area contributed by atoms with Crippen LogP contribution < -0.4 is 10.2 Å². The van der Waals surface area contributed by atoms with Gasteiger partial charge >= 0.3 is 0 Å². The average Bonchev–Trinajstić information content (AvgIpc) is 3.22. The molecule has 2 aromatic carbocycles. The first kappa shape index (κ1) is 28.1. The zero-order valence-electron chi connectivity index (χ0n) is 24.7. The lowest BCUT2D eigenvalue weighted by molar-refractivity contribution is 0.0219. The molecule has 0 atom stereocenters. The number of nitrogens with zero attached hydrogens (tertiary/aromatic N) is 5. The first-order valence-corrected chi connectivity index (χ1v) is 13.9. The normalized spacial score (nSPS) is 21.8. The second-order valence-corrected chi connectivity index (χ2v) is 13.3. The molecule has 1 saturated carbocycles. The van der Waals surface area contributed by atoms with Gasteiger partial charge in [-0.15, -0.1) is 5.10 Å². The van der Waals surface area contributed by atoms with E-state index in [2.05, 4.69) is 113 Å². The number of piperazine rings is 1. The number of halogens is 2. The van der Waals surface area contributed by atoms with Crippen molar-refractivity contribution < 1.29 is 8.78 Å². The van der Waals surface area contributed by atoms with Crippen molar-refractivity contribution >= 4 is 80.1 Å². The Morgan fingerprint density at radius 2 is 1.38 bits per heavy atom. The Morgan fingerprint density at radius 1 is 0.795 bits per heavy atom. The first-order chi connectivity index (χ1) is 18.1. The molecule has 16 heteroatoms. The van der Waals surface area contributed by atoms with Gasteiger partial charge in [0, 0.05) is 23.5 Å². The highest BCUT2D eigenvalue weighted by Gasteiger charge is 2.63. The molecule has 1 aliphatic carbocycles. The van der Waals surface area contributed by atoms with Crippen molar-refractivity contribution in [2.75, 3.05) is 10.2 Å². The van der Waals surface area contributed by atoms with Crippen molar-refractivity contribution in [2.45, 2.75) is 53.6 Å². The van der Waals surface area contributed by atoms with E-state index in [0.29, 0.717) is 12.0 Å². The molecule has 0 radical (unpaired) electrons. The fourth-order valence-corrected chi connectivity index (χ4v) is 6.95. The molecule has 0 unspecified atom stereocenters. The minimum atomic E-state index is -0.660. The molecule has 1 saturated heterocycles. The van der Waals surface area contributed by atoms with E-state index in [9.17, 15) is 8.78 Å². The largest absolute Gasteiger partial charge is 0.391 e. The van der Waals surface area contributed by atoms with E-state index >= 15 is 0 Å². The molecule has 5 rings (SSSR count). The lowest BCUT2D eigenvalue weighted by Crippen LogP contribution is -2.93. The maximum Gasteiger partial charge on any atom is 0.246 e. The molecular formula is C23H34B8F2N6. The second-order valence-electron chi connectivity index (χ2n) is 13.3. The molecule has 1 aliphatic heterocycles. The third-order valence-corrected chi connectivity index (χ3v) is 9.94. The van der Waals surface area contributed by atoms with Crippen LogP contribution in [0.15, 0.2) is 42.7 Å². The number of aromatic nitrogens is 3. The summed E-state index contributed by atoms with van der Waals surface area (Å²) >= 11 is 0. The lowest BCUT2D eigenvalue weighted by Gasteiger charge is -2.77. The minimum Gasteiger partial charge on any atom is -0.391 e. The third-order valence-electron chi connectivity index (χ3n) is 9.94. The van der Waals surface area contributed by atoms with Crippen LogP contribution in [0.4, 0.5) is 26.1 Å². The highest BCUT2D eigenvalue weighted by atomic mass is 19.1. The van der Waals surface area contributed by atoms with E-state index in [4.69, 9.17) is 0 Å². The highest BCUT2D eigenvalue weighted by Crippen LogP contribution is 2.49. The van der Waals surface area contributed by atoms with Crippen molar-refractivity contribution in [1.29, 1.82) is 0 Å². The summed E-state index contributed by atoms with van der Waals surface area (Å²) in [4.78, 5) is 9.76. The van der Waals surface area contributed by atoms with Crippen LogP contribution in [0.5, 0.6) is 0 Å². The van der Waals surface area contributed by atoms with Gasteiger partial charge in [0.15, 0.2) is 0 Å². The Morgan fingerprint density at radius 3 is 1.92 bits per heavy atom. The summed E-state index contributed by atoms with van der Waals surface area (Å²) < 4.78 is 28.8. The van der Waals surface area contributed by atoms with Gasteiger partial charge in [0.1, 0.15) is 80.7 Å². The molecule has 0 bridgehead atoms. The van der Waals surface area contributed by atoms with Crippen LogP contribution >= 0.6 is 0 Å². The Hall–Kier alpha value is -2.48. The Bertz CT molecular complexity index is 1360. The fourth-order valence-electron chi connectivity index (χ4n) is 6.95. The van der Waals surface area contributed by atoms with E-state index in [1.54, 1.807) is 0 Å². The number of hydrogen-bond acceptors (Lipinski definition) is 5. The van der Waals surface area contributed by atoms with E-state index < -0.39 is 11.6 Å². The summed E-state index contributed by atoms with van der Waals surface area (Å²) in [6, 6.07) is 10.4. The Balaban J connectivity index is 1.51. The van der Waals surface area contributed by atoms with E-state index in [-0.39, 0.29) is 27.0 Å². The van der Waals surface area contributed by atoms with Gasteiger partial charge < -0.3 is 15.1 Å². The van der Waals surface area contributed by atoms with Crippen LogP contribution in [-0.2, 0) is 0 Å². The quantitative estimate of drug-likeness (QED) is 0.349. The van der Waals surface area contributed by atoms with E-state index in [1.165, 1.54) is 42.4 Å². The zero-order chi connectivity index (χ0) is 28.5. The van der Waals surface area contributed by atoms with Crippen LogP contribution in [0.1, 0.15) is 24.8 Å². The zero-order valence-corrected chi connectivity index (χ0v) is 24.7. The number of benzene rings is 2.